The molecule has 0 aromatic heterocycles. The average Bonchev–Trinajstić information content (AvgIpc) is 3.21. The van der Waals surface area contributed by atoms with Crippen molar-refractivity contribution in [2.75, 3.05) is 12.4 Å². The van der Waals surface area contributed by atoms with Crippen LogP contribution in [0.15, 0.2) is 29.2 Å². The Morgan fingerprint density at radius 1 is 1.26 bits per heavy atom. The predicted molar refractivity (Wildman–Crippen MR) is 78.1 cm³/mol. The number of alkyl halides is 1. The summed E-state index contributed by atoms with van der Waals surface area (Å²) in [4.78, 5) is 0.379. The van der Waals surface area contributed by atoms with Crippen LogP contribution in [0, 0.1) is 0 Å². The number of aryl methyl sites for hydroxylation is 1. The van der Waals surface area contributed by atoms with E-state index >= 15 is 0 Å². The summed E-state index contributed by atoms with van der Waals surface area (Å²) in [5, 5.41) is 0. The van der Waals surface area contributed by atoms with E-state index in [1.54, 1.807) is 16.4 Å². The van der Waals surface area contributed by atoms with E-state index in [0.29, 0.717) is 17.3 Å². The Labute approximate surface area is 120 Å². The molecule has 2 rings (SSSR count). The zero-order chi connectivity index (χ0) is 13.9. The molecule has 0 unspecified atom stereocenters. The number of hydrogen-bond acceptors (Lipinski definition) is 2. The molecule has 0 heterocycles. The molecule has 3 nitrogen and oxygen atoms in total. The van der Waals surface area contributed by atoms with E-state index in [0.717, 1.165) is 25.7 Å². The van der Waals surface area contributed by atoms with Crippen molar-refractivity contribution in [1.82, 2.24) is 4.31 Å². The summed E-state index contributed by atoms with van der Waals surface area (Å²) in [6.07, 6.45) is 3.94. The third-order valence-electron chi connectivity index (χ3n) is 3.33. The van der Waals surface area contributed by atoms with Crippen LogP contribution in [0.25, 0.3) is 0 Å². The van der Waals surface area contributed by atoms with Gasteiger partial charge in [0.1, 0.15) is 0 Å². The molecule has 106 valence electrons. The normalized spacial score (nSPS) is 15.9. The number of nitrogens with zero attached hydrogens (tertiary/aromatic N) is 1. The minimum atomic E-state index is -3.38. The fourth-order valence-electron chi connectivity index (χ4n) is 2.20. The second kappa shape index (κ2) is 6.25. The van der Waals surface area contributed by atoms with Crippen LogP contribution < -0.4 is 0 Å². The minimum Gasteiger partial charge on any atom is -0.207 e. The zero-order valence-corrected chi connectivity index (χ0v) is 12.8. The first kappa shape index (κ1) is 14.8. The standard InChI is InChI=1S/C14H20ClNO2S/c1-2-3-12-4-8-14(9-5-12)19(17,18)16(11-10-15)13-6-7-13/h4-5,8-9,13H,2-3,6-7,10-11H2,1H3. The fraction of sp³-hybridized carbons (Fsp3) is 0.571. The Balaban J connectivity index is 2.22. The molecule has 0 bridgehead atoms. The molecule has 1 aromatic rings. The molecule has 0 spiro atoms. The smallest absolute Gasteiger partial charge is 0.207 e. The molecule has 0 saturated heterocycles. The molecule has 1 aliphatic carbocycles. The van der Waals surface area contributed by atoms with Gasteiger partial charge in [0.05, 0.1) is 4.90 Å². The summed E-state index contributed by atoms with van der Waals surface area (Å²) in [6, 6.07) is 7.39. The lowest BCUT2D eigenvalue weighted by Gasteiger charge is -2.20. The number of halogens is 1. The number of sulfonamides is 1. The molecular formula is C14H20ClNO2S. The van der Waals surface area contributed by atoms with Gasteiger partial charge >= 0.3 is 0 Å². The maximum Gasteiger partial charge on any atom is 0.243 e. The van der Waals surface area contributed by atoms with Gasteiger partial charge in [-0.05, 0) is 37.0 Å². The van der Waals surface area contributed by atoms with Gasteiger partial charge in [0, 0.05) is 18.5 Å². The average molecular weight is 302 g/mol. The lowest BCUT2D eigenvalue weighted by molar-refractivity contribution is 0.422. The Morgan fingerprint density at radius 2 is 1.89 bits per heavy atom. The van der Waals surface area contributed by atoms with Crippen LogP contribution in [0.3, 0.4) is 0 Å². The second-order valence-electron chi connectivity index (χ2n) is 4.93. The van der Waals surface area contributed by atoms with Crippen molar-refractivity contribution in [2.24, 2.45) is 0 Å². The maximum atomic E-state index is 12.5. The number of benzene rings is 1. The highest BCUT2D eigenvalue weighted by molar-refractivity contribution is 7.89. The quantitative estimate of drug-likeness (QED) is 0.726. The molecule has 1 fully saturated rings. The molecule has 1 aromatic carbocycles. The Bertz CT molecular complexity index is 509. The highest BCUT2D eigenvalue weighted by atomic mass is 35.5. The van der Waals surface area contributed by atoms with Crippen LogP contribution in [-0.4, -0.2) is 31.2 Å². The van der Waals surface area contributed by atoms with Crippen LogP contribution >= 0.6 is 11.6 Å². The monoisotopic (exact) mass is 301 g/mol. The van der Waals surface area contributed by atoms with Gasteiger partial charge in [-0.3, -0.25) is 0 Å². The zero-order valence-electron chi connectivity index (χ0n) is 11.2. The first-order chi connectivity index (χ1) is 9.09. The summed E-state index contributed by atoms with van der Waals surface area (Å²) in [7, 11) is -3.38. The Kier molecular flexibility index (Phi) is 4.87. The van der Waals surface area contributed by atoms with E-state index < -0.39 is 10.0 Å². The van der Waals surface area contributed by atoms with Crippen LogP contribution in [-0.2, 0) is 16.4 Å². The van der Waals surface area contributed by atoms with E-state index in [1.807, 2.05) is 12.1 Å². The highest BCUT2D eigenvalue weighted by Crippen LogP contribution is 2.31. The molecule has 1 saturated carbocycles. The van der Waals surface area contributed by atoms with E-state index in [1.165, 1.54) is 5.56 Å². The minimum absolute atomic E-state index is 0.152. The number of hydrogen-bond donors (Lipinski definition) is 0. The first-order valence-electron chi connectivity index (χ1n) is 6.76. The van der Waals surface area contributed by atoms with Gasteiger partial charge in [0.15, 0.2) is 0 Å². The summed E-state index contributed by atoms with van der Waals surface area (Å²) in [5.74, 6) is 0.337. The lowest BCUT2D eigenvalue weighted by atomic mass is 10.1. The van der Waals surface area contributed by atoms with E-state index in [2.05, 4.69) is 6.92 Å². The molecular weight excluding hydrogens is 282 g/mol. The second-order valence-corrected chi connectivity index (χ2v) is 7.20. The fourth-order valence-corrected chi connectivity index (χ4v) is 4.17. The van der Waals surface area contributed by atoms with E-state index in [9.17, 15) is 8.42 Å². The molecule has 1 aliphatic rings. The van der Waals surface area contributed by atoms with Gasteiger partial charge in [0.25, 0.3) is 0 Å². The number of rotatable bonds is 7. The van der Waals surface area contributed by atoms with Gasteiger partial charge in [0.2, 0.25) is 10.0 Å². The largest absolute Gasteiger partial charge is 0.243 e. The third-order valence-corrected chi connectivity index (χ3v) is 5.46. The molecule has 0 amide bonds. The van der Waals surface area contributed by atoms with Gasteiger partial charge in [-0.15, -0.1) is 11.6 Å². The Hall–Kier alpha value is -0.580. The van der Waals surface area contributed by atoms with Gasteiger partial charge in [-0.2, -0.15) is 4.31 Å². The summed E-state index contributed by atoms with van der Waals surface area (Å²) in [6.45, 7) is 2.51. The lowest BCUT2D eigenvalue weighted by Crippen LogP contribution is -2.34. The van der Waals surface area contributed by atoms with Crippen LogP contribution in [0.1, 0.15) is 31.7 Å². The van der Waals surface area contributed by atoms with Crippen molar-refractivity contribution in [3.8, 4) is 0 Å². The first-order valence-corrected chi connectivity index (χ1v) is 8.73. The van der Waals surface area contributed by atoms with Gasteiger partial charge in [-0.25, -0.2) is 8.42 Å². The van der Waals surface area contributed by atoms with Crippen molar-refractivity contribution in [3.05, 3.63) is 29.8 Å². The van der Waals surface area contributed by atoms with Crippen molar-refractivity contribution < 1.29 is 8.42 Å². The van der Waals surface area contributed by atoms with E-state index in [4.69, 9.17) is 11.6 Å². The van der Waals surface area contributed by atoms with Crippen molar-refractivity contribution >= 4 is 21.6 Å². The summed E-state index contributed by atoms with van der Waals surface area (Å²) in [5.41, 5.74) is 1.18. The van der Waals surface area contributed by atoms with E-state index in [-0.39, 0.29) is 6.04 Å². The molecule has 19 heavy (non-hydrogen) atoms. The van der Waals surface area contributed by atoms with Crippen LogP contribution in [0.2, 0.25) is 0 Å². The summed E-state index contributed by atoms with van der Waals surface area (Å²) < 4.78 is 26.6. The summed E-state index contributed by atoms with van der Waals surface area (Å²) >= 11 is 5.72. The maximum absolute atomic E-state index is 12.5. The third kappa shape index (κ3) is 3.50. The van der Waals surface area contributed by atoms with Crippen LogP contribution in [0.5, 0.6) is 0 Å². The molecule has 0 atom stereocenters. The topological polar surface area (TPSA) is 37.4 Å². The predicted octanol–water partition coefficient (Wildman–Crippen LogP) is 3.03. The van der Waals surface area contributed by atoms with Crippen molar-refractivity contribution in [3.63, 3.8) is 0 Å². The highest BCUT2D eigenvalue weighted by Gasteiger charge is 2.37. The molecule has 0 aliphatic heterocycles. The van der Waals surface area contributed by atoms with Gasteiger partial charge < -0.3 is 0 Å². The molecule has 5 heteroatoms. The Morgan fingerprint density at radius 3 is 2.37 bits per heavy atom. The SMILES string of the molecule is CCCc1ccc(S(=O)(=O)N(CCCl)C2CC2)cc1. The van der Waals surface area contributed by atoms with Crippen molar-refractivity contribution in [2.45, 2.75) is 43.5 Å². The van der Waals surface area contributed by atoms with Gasteiger partial charge in [-0.1, -0.05) is 25.5 Å². The molecule has 0 radical (unpaired) electrons. The molecule has 0 N–H and O–H groups in total. The van der Waals surface area contributed by atoms with Crippen molar-refractivity contribution in [1.29, 1.82) is 0 Å². The van der Waals surface area contributed by atoms with Crippen LogP contribution in [0.4, 0.5) is 0 Å².